The van der Waals surface area contributed by atoms with Gasteiger partial charge in [-0.05, 0) is 26.0 Å². The zero-order chi connectivity index (χ0) is 14.9. The van der Waals surface area contributed by atoms with Crippen LogP contribution in [-0.4, -0.2) is 28.8 Å². The van der Waals surface area contributed by atoms with Crippen LogP contribution in [0.3, 0.4) is 0 Å². The third-order valence-electron chi connectivity index (χ3n) is 2.65. The number of thiazole rings is 1. The number of methoxy groups -OCH3 is 1. The average molecular weight is 290 g/mol. The molecule has 0 aromatic carbocycles. The highest BCUT2D eigenvalue weighted by Crippen LogP contribution is 2.29. The predicted octanol–water partition coefficient (Wildman–Crippen LogP) is 2.81. The van der Waals surface area contributed by atoms with Crippen molar-refractivity contribution >= 4 is 23.1 Å². The molecule has 2 aromatic rings. The van der Waals surface area contributed by atoms with Crippen LogP contribution in [0, 0.1) is 13.8 Å². The first kappa shape index (κ1) is 14.3. The van der Waals surface area contributed by atoms with Crippen LogP contribution >= 0.6 is 11.3 Å². The minimum atomic E-state index is -0.597. The van der Waals surface area contributed by atoms with E-state index in [9.17, 15) is 9.59 Å². The Labute approximate surface area is 120 Å². The third kappa shape index (κ3) is 2.75. The van der Waals surface area contributed by atoms with E-state index in [0.29, 0.717) is 9.88 Å². The monoisotopic (exact) mass is 290 g/mol. The highest BCUT2D eigenvalue weighted by Gasteiger charge is 2.22. The van der Waals surface area contributed by atoms with Crippen LogP contribution < -0.4 is 0 Å². The summed E-state index contributed by atoms with van der Waals surface area (Å²) in [6.45, 7) is 5.18. The molecule has 104 valence electrons. The number of hydrogen-bond acceptors (Lipinski definition) is 6. The third-order valence-corrected chi connectivity index (χ3v) is 3.86. The van der Waals surface area contributed by atoms with Crippen molar-refractivity contribution in [1.29, 1.82) is 0 Å². The van der Waals surface area contributed by atoms with Crippen LogP contribution in [0.25, 0.3) is 10.6 Å². The molecule has 0 aliphatic carbocycles. The van der Waals surface area contributed by atoms with Gasteiger partial charge in [-0.1, -0.05) is 0 Å². The van der Waals surface area contributed by atoms with Crippen LogP contribution in [-0.2, 0) is 4.74 Å². The summed E-state index contributed by atoms with van der Waals surface area (Å²) >= 11 is 1.19. The van der Waals surface area contributed by atoms with Crippen molar-refractivity contribution in [1.82, 2.24) is 9.97 Å². The summed E-state index contributed by atoms with van der Waals surface area (Å²) in [7, 11) is 1.27. The maximum absolute atomic E-state index is 11.7. The zero-order valence-electron chi connectivity index (χ0n) is 11.7. The molecule has 0 atom stereocenters. The Morgan fingerprint density at radius 2 is 1.75 bits per heavy atom. The highest BCUT2D eigenvalue weighted by atomic mass is 32.1. The Morgan fingerprint density at radius 3 is 2.25 bits per heavy atom. The fourth-order valence-electron chi connectivity index (χ4n) is 1.88. The van der Waals surface area contributed by atoms with Gasteiger partial charge in [0.15, 0.2) is 11.5 Å². The lowest BCUT2D eigenvalue weighted by atomic mass is 10.2. The number of aromatic nitrogens is 2. The van der Waals surface area contributed by atoms with Crippen LogP contribution in [0.15, 0.2) is 12.1 Å². The smallest absolute Gasteiger partial charge is 0.358 e. The van der Waals surface area contributed by atoms with Crippen LogP contribution in [0.1, 0.15) is 38.5 Å². The fraction of sp³-hybridized carbons (Fsp3) is 0.286. The molecule has 0 bridgehead atoms. The standard InChI is InChI=1S/C14H14N2O3S/c1-7-5-10(6-8(2)15-7)13-16-11(14(18)19-4)12(20-13)9(3)17/h5-6H,1-4H3. The number of ketones is 1. The van der Waals surface area contributed by atoms with E-state index in [4.69, 9.17) is 0 Å². The molecule has 0 amide bonds. The van der Waals surface area contributed by atoms with Crippen molar-refractivity contribution in [2.24, 2.45) is 0 Å². The van der Waals surface area contributed by atoms with Crippen LogP contribution in [0.2, 0.25) is 0 Å². The first-order valence-electron chi connectivity index (χ1n) is 5.98. The van der Waals surface area contributed by atoms with Crippen molar-refractivity contribution in [2.45, 2.75) is 20.8 Å². The normalized spacial score (nSPS) is 10.4. The largest absolute Gasteiger partial charge is 0.464 e. The molecule has 5 nitrogen and oxygen atoms in total. The van der Waals surface area contributed by atoms with E-state index in [-0.39, 0.29) is 11.5 Å². The SMILES string of the molecule is COC(=O)c1nc(-c2cc(C)nc(C)c2)sc1C(C)=O. The summed E-state index contributed by atoms with van der Waals surface area (Å²) in [5.74, 6) is -0.795. The topological polar surface area (TPSA) is 69.2 Å². The zero-order valence-corrected chi connectivity index (χ0v) is 12.5. The molecule has 0 saturated heterocycles. The lowest BCUT2D eigenvalue weighted by molar-refractivity contribution is 0.0591. The molecule has 0 aliphatic heterocycles. The summed E-state index contributed by atoms with van der Waals surface area (Å²) in [6, 6.07) is 3.74. The molecular formula is C14H14N2O3S. The van der Waals surface area contributed by atoms with Crippen molar-refractivity contribution in [3.63, 3.8) is 0 Å². The Hall–Kier alpha value is -2.08. The highest BCUT2D eigenvalue weighted by molar-refractivity contribution is 7.17. The molecule has 0 unspecified atom stereocenters. The minimum absolute atomic E-state index is 0.0760. The van der Waals surface area contributed by atoms with Gasteiger partial charge in [0.1, 0.15) is 9.88 Å². The number of carbonyl (C=O) groups is 2. The second-order valence-corrected chi connectivity index (χ2v) is 5.38. The van der Waals surface area contributed by atoms with Crippen molar-refractivity contribution in [3.05, 3.63) is 34.1 Å². The quantitative estimate of drug-likeness (QED) is 0.642. The average Bonchev–Trinajstić information content (AvgIpc) is 2.81. The van der Waals surface area contributed by atoms with Gasteiger partial charge in [-0.25, -0.2) is 9.78 Å². The van der Waals surface area contributed by atoms with Gasteiger partial charge in [0.2, 0.25) is 0 Å². The van der Waals surface area contributed by atoms with E-state index in [1.807, 2.05) is 26.0 Å². The number of esters is 1. The Bertz CT molecular complexity index is 671. The van der Waals surface area contributed by atoms with E-state index < -0.39 is 5.97 Å². The van der Waals surface area contributed by atoms with Gasteiger partial charge >= 0.3 is 5.97 Å². The number of pyridine rings is 1. The van der Waals surface area contributed by atoms with E-state index in [2.05, 4.69) is 14.7 Å². The maximum atomic E-state index is 11.7. The maximum Gasteiger partial charge on any atom is 0.358 e. The molecule has 0 radical (unpaired) electrons. The van der Waals surface area contributed by atoms with E-state index in [1.165, 1.54) is 25.4 Å². The van der Waals surface area contributed by atoms with Crippen molar-refractivity contribution < 1.29 is 14.3 Å². The van der Waals surface area contributed by atoms with Crippen LogP contribution in [0.4, 0.5) is 0 Å². The summed E-state index contributed by atoms with van der Waals surface area (Å²) in [6.07, 6.45) is 0. The Kier molecular flexibility index (Phi) is 3.94. The number of nitrogens with zero attached hydrogens (tertiary/aromatic N) is 2. The number of ether oxygens (including phenoxy) is 1. The lowest BCUT2D eigenvalue weighted by Crippen LogP contribution is -2.06. The van der Waals surface area contributed by atoms with Gasteiger partial charge in [0.25, 0.3) is 0 Å². The molecule has 0 fully saturated rings. The number of hydrogen-bond donors (Lipinski definition) is 0. The Morgan fingerprint density at radius 1 is 1.15 bits per heavy atom. The fourth-order valence-corrected chi connectivity index (χ4v) is 2.81. The van der Waals surface area contributed by atoms with Gasteiger partial charge in [-0.3, -0.25) is 9.78 Å². The Balaban J connectivity index is 2.58. The van der Waals surface area contributed by atoms with Gasteiger partial charge in [-0.2, -0.15) is 0 Å². The summed E-state index contributed by atoms with van der Waals surface area (Å²) in [5, 5.41) is 0.615. The molecule has 6 heteroatoms. The lowest BCUT2D eigenvalue weighted by Gasteiger charge is -2.00. The molecule has 2 aromatic heterocycles. The molecule has 2 rings (SSSR count). The number of rotatable bonds is 3. The molecular weight excluding hydrogens is 276 g/mol. The van der Waals surface area contributed by atoms with Gasteiger partial charge in [0, 0.05) is 23.9 Å². The predicted molar refractivity (Wildman–Crippen MR) is 76.2 cm³/mol. The van der Waals surface area contributed by atoms with Gasteiger partial charge in [0.05, 0.1) is 7.11 Å². The molecule has 0 saturated carbocycles. The summed E-state index contributed by atoms with van der Waals surface area (Å²) in [4.78, 5) is 32.2. The van der Waals surface area contributed by atoms with E-state index >= 15 is 0 Å². The second kappa shape index (κ2) is 5.50. The second-order valence-electron chi connectivity index (χ2n) is 4.38. The summed E-state index contributed by atoms with van der Waals surface area (Å²) < 4.78 is 4.66. The first-order chi connectivity index (χ1) is 9.42. The molecule has 0 N–H and O–H groups in total. The molecule has 2 heterocycles. The molecule has 20 heavy (non-hydrogen) atoms. The van der Waals surface area contributed by atoms with E-state index in [1.54, 1.807) is 0 Å². The number of aryl methyl sites for hydroxylation is 2. The number of Topliss-reactive ketones (excluding diaryl/α,β-unsaturated/α-hetero) is 1. The number of carbonyl (C=O) groups excluding carboxylic acids is 2. The summed E-state index contributed by atoms with van der Waals surface area (Å²) in [5.41, 5.74) is 2.64. The van der Waals surface area contributed by atoms with Crippen molar-refractivity contribution in [2.75, 3.05) is 7.11 Å². The minimum Gasteiger partial charge on any atom is -0.464 e. The van der Waals surface area contributed by atoms with E-state index in [0.717, 1.165) is 17.0 Å². The van der Waals surface area contributed by atoms with Gasteiger partial charge in [-0.15, -0.1) is 11.3 Å². The first-order valence-corrected chi connectivity index (χ1v) is 6.79. The molecule has 0 aliphatic rings. The van der Waals surface area contributed by atoms with Crippen LogP contribution in [0.5, 0.6) is 0 Å². The van der Waals surface area contributed by atoms with Gasteiger partial charge < -0.3 is 4.74 Å². The molecule has 0 spiro atoms. The van der Waals surface area contributed by atoms with Crippen molar-refractivity contribution in [3.8, 4) is 10.6 Å².